The van der Waals surface area contributed by atoms with Gasteiger partial charge < -0.3 is 10.8 Å². The summed E-state index contributed by atoms with van der Waals surface area (Å²) in [5, 5.41) is 8.77. The normalized spacial score (nSPS) is 8.00. The van der Waals surface area contributed by atoms with Crippen molar-refractivity contribution in [2.24, 2.45) is 0 Å². The molecule has 0 aliphatic rings. The third-order valence-electron chi connectivity index (χ3n) is 0.872. The molecule has 0 unspecified atom stereocenters. The first-order valence-corrected chi connectivity index (χ1v) is 2.25. The van der Waals surface area contributed by atoms with E-state index in [1.54, 1.807) is 6.07 Å². The molecule has 0 bridgehead atoms. The van der Waals surface area contributed by atoms with Crippen molar-refractivity contribution in [3.63, 3.8) is 0 Å². The molecule has 2 nitrogen and oxygen atoms in total. The van der Waals surface area contributed by atoms with Gasteiger partial charge >= 0.3 is 32.7 Å². The molecule has 0 saturated heterocycles. The Bertz CT molecular complexity index is 169. The van der Waals surface area contributed by atoms with E-state index in [4.69, 9.17) is 10.8 Å². The van der Waals surface area contributed by atoms with Crippen LogP contribution in [0.5, 0.6) is 5.75 Å². The van der Waals surface area contributed by atoms with Crippen LogP contribution in [0.2, 0.25) is 0 Å². The molecule has 0 heterocycles. The van der Waals surface area contributed by atoms with Gasteiger partial charge in [0.05, 0.1) is 0 Å². The van der Waals surface area contributed by atoms with E-state index in [1.807, 2.05) is 0 Å². The molecule has 1 aromatic carbocycles. The van der Waals surface area contributed by atoms with Crippen molar-refractivity contribution in [2.45, 2.75) is 0 Å². The molecule has 0 atom stereocenters. The van der Waals surface area contributed by atoms with Gasteiger partial charge in [-0.15, -0.1) is 6.07 Å². The molecule has 0 amide bonds. The molecule has 0 aliphatic heterocycles. The van der Waals surface area contributed by atoms with Crippen molar-refractivity contribution >= 4 is 5.69 Å². The number of phenols is 1. The number of nitrogen functional groups attached to an aromatic ring is 1. The summed E-state index contributed by atoms with van der Waals surface area (Å²) < 4.78 is 0. The van der Waals surface area contributed by atoms with Crippen LogP contribution in [-0.4, -0.2) is 5.11 Å². The molecule has 0 saturated carbocycles. The third-order valence-corrected chi connectivity index (χ3v) is 0.872. The number of phenolic OH excluding ortho intramolecular Hbond substituents is 1. The van der Waals surface area contributed by atoms with Crippen LogP contribution < -0.4 is 5.73 Å². The summed E-state index contributed by atoms with van der Waals surface area (Å²) in [4.78, 5) is 0. The van der Waals surface area contributed by atoms with Gasteiger partial charge in [-0.1, -0.05) is 0 Å². The molecule has 9 heavy (non-hydrogen) atoms. The molecule has 0 radical (unpaired) electrons. The first-order chi connectivity index (χ1) is 3.80. The van der Waals surface area contributed by atoms with E-state index in [2.05, 4.69) is 6.07 Å². The fourth-order valence-corrected chi connectivity index (χ4v) is 0.435. The number of nitrogens with two attached hydrogens (primary N) is 1. The maximum absolute atomic E-state index is 8.77. The van der Waals surface area contributed by atoms with Gasteiger partial charge in [-0.25, -0.2) is 0 Å². The Morgan fingerprint density at radius 3 is 2.56 bits per heavy atom. The summed E-state index contributed by atoms with van der Waals surface area (Å²) in [5.74, 6) is 0.115. The Morgan fingerprint density at radius 1 is 1.56 bits per heavy atom. The minimum absolute atomic E-state index is 0. The van der Waals surface area contributed by atoms with E-state index in [0.29, 0.717) is 5.69 Å². The van der Waals surface area contributed by atoms with Gasteiger partial charge in [-0.2, -0.15) is 18.2 Å². The molecule has 3 heteroatoms. The summed E-state index contributed by atoms with van der Waals surface area (Å²) >= 11 is 0. The SMILES string of the molecule is Nc1c[c-]ccc1O.[Y+3]. The van der Waals surface area contributed by atoms with Gasteiger partial charge in [-0.05, 0) is 5.69 Å². The first-order valence-electron chi connectivity index (χ1n) is 2.25. The van der Waals surface area contributed by atoms with Crippen molar-refractivity contribution in [2.75, 3.05) is 5.73 Å². The molecule has 1 rings (SSSR count). The predicted molar refractivity (Wildman–Crippen MR) is 31.4 cm³/mol. The molecule has 0 fully saturated rings. The van der Waals surface area contributed by atoms with Crippen LogP contribution in [0.1, 0.15) is 0 Å². The summed E-state index contributed by atoms with van der Waals surface area (Å²) in [7, 11) is 0. The van der Waals surface area contributed by atoms with Gasteiger partial charge in [0.25, 0.3) is 0 Å². The monoisotopic (exact) mass is 197 g/mol. The van der Waals surface area contributed by atoms with Crippen molar-refractivity contribution in [3.05, 3.63) is 24.3 Å². The van der Waals surface area contributed by atoms with E-state index in [-0.39, 0.29) is 38.5 Å². The molecule has 42 valence electrons. The Hall–Kier alpha value is -0.0761. The van der Waals surface area contributed by atoms with Crippen molar-refractivity contribution < 1.29 is 37.8 Å². The van der Waals surface area contributed by atoms with Gasteiger partial charge in [-0.3, -0.25) is 0 Å². The largest absolute Gasteiger partial charge is 3.00 e. The number of anilines is 1. The van der Waals surface area contributed by atoms with Gasteiger partial charge in [0, 0.05) is 5.75 Å². The Morgan fingerprint density at radius 2 is 2.22 bits per heavy atom. The number of aromatic hydroxyl groups is 1. The maximum atomic E-state index is 8.77. The van der Waals surface area contributed by atoms with Crippen LogP contribution in [0, 0.1) is 6.07 Å². The van der Waals surface area contributed by atoms with Gasteiger partial charge in [0.2, 0.25) is 0 Å². The average molecular weight is 197 g/mol. The smallest absolute Gasteiger partial charge is 0.531 e. The number of hydrogen-bond acceptors (Lipinski definition) is 2. The van der Waals surface area contributed by atoms with Crippen molar-refractivity contribution in [1.82, 2.24) is 0 Å². The number of hydrogen-bond donors (Lipinski definition) is 2. The Labute approximate surface area is 78.9 Å². The number of benzene rings is 1. The van der Waals surface area contributed by atoms with Crippen LogP contribution >= 0.6 is 0 Å². The molecule has 3 N–H and O–H groups in total. The van der Waals surface area contributed by atoms with Crippen LogP contribution in [0.4, 0.5) is 5.69 Å². The van der Waals surface area contributed by atoms with E-state index < -0.39 is 0 Å². The van der Waals surface area contributed by atoms with Gasteiger partial charge in [0.1, 0.15) is 0 Å². The molecule has 0 aliphatic carbocycles. The quantitative estimate of drug-likeness (QED) is 0.366. The van der Waals surface area contributed by atoms with Crippen LogP contribution in [0.25, 0.3) is 0 Å². The molecular formula is C6H6NOY+2. The zero-order chi connectivity index (χ0) is 5.98. The summed E-state index contributed by atoms with van der Waals surface area (Å²) in [6.45, 7) is 0. The molecule has 1 aromatic rings. The van der Waals surface area contributed by atoms with Crippen LogP contribution in [0.15, 0.2) is 18.2 Å². The average Bonchev–Trinajstić information content (AvgIpc) is 1.77. The van der Waals surface area contributed by atoms with Gasteiger partial charge in [0.15, 0.2) is 0 Å². The zero-order valence-electron chi connectivity index (χ0n) is 4.83. The maximum Gasteiger partial charge on any atom is 3.00 e. The summed E-state index contributed by atoms with van der Waals surface area (Å²) in [6, 6.07) is 7.34. The van der Waals surface area contributed by atoms with Crippen molar-refractivity contribution in [1.29, 1.82) is 0 Å². The minimum Gasteiger partial charge on any atom is -0.531 e. The first kappa shape index (κ1) is 8.92. The van der Waals surface area contributed by atoms with Crippen molar-refractivity contribution in [3.8, 4) is 5.75 Å². The van der Waals surface area contributed by atoms with E-state index in [9.17, 15) is 0 Å². The fourth-order valence-electron chi connectivity index (χ4n) is 0.435. The van der Waals surface area contributed by atoms with Crippen LogP contribution in [-0.2, 0) is 32.7 Å². The zero-order valence-corrected chi connectivity index (χ0v) is 7.67. The molecule has 0 spiro atoms. The minimum atomic E-state index is 0. The Balaban J connectivity index is 0.000000640. The summed E-state index contributed by atoms with van der Waals surface area (Å²) in [5.41, 5.74) is 5.61. The van der Waals surface area contributed by atoms with E-state index in [1.165, 1.54) is 12.1 Å². The second kappa shape index (κ2) is 3.86. The third kappa shape index (κ3) is 2.33. The topological polar surface area (TPSA) is 46.2 Å². The Kier molecular flexibility index (Phi) is 3.82. The number of rotatable bonds is 0. The van der Waals surface area contributed by atoms with Crippen LogP contribution in [0.3, 0.4) is 0 Å². The predicted octanol–water partition coefficient (Wildman–Crippen LogP) is 0.772. The second-order valence-corrected chi connectivity index (χ2v) is 1.48. The standard InChI is InChI=1S/C6H6NO.Y/c7-5-3-1-2-4-6(5)8;/h2-4,8H,7H2;/q-1;+3. The molecular weight excluding hydrogens is 191 g/mol. The fraction of sp³-hybridized carbons (Fsp3) is 0. The van der Waals surface area contributed by atoms with E-state index in [0.717, 1.165) is 0 Å². The summed E-state index contributed by atoms with van der Waals surface area (Å²) in [6.07, 6.45) is 0. The molecule has 0 aromatic heterocycles. The second-order valence-electron chi connectivity index (χ2n) is 1.48. The van der Waals surface area contributed by atoms with E-state index >= 15 is 0 Å².